The van der Waals surface area contributed by atoms with Gasteiger partial charge in [0.25, 0.3) is 5.91 Å². The van der Waals surface area contributed by atoms with Gasteiger partial charge in [-0.2, -0.15) is 0 Å². The molecule has 3 N–H and O–H groups in total. The van der Waals surface area contributed by atoms with Crippen LogP contribution in [0.15, 0.2) is 55.1 Å². The van der Waals surface area contributed by atoms with Crippen LogP contribution in [-0.2, 0) is 13.0 Å². The number of rotatable bonds is 5. The molecule has 2 aromatic carbocycles. The number of hydrogen-bond donors (Lipinski definition) is 2. The maximum Gasteiger partial charge on any atom is 0.251 e. The fourth-order valence-electron chi connectivity index (χ4n) is 3.27. The molecule has 122 valence electrons. The molecule has 1 heterocycles. The molecule has 0 aliphatic heterocycles. The number of benzene rings is 2. The monoisotopic (exact) mass is 320 g/mol. The summed E-state index contributed by atoms with van der Waals surface area (Å²) in [6, 6.07) is 13.3. The molecule has 4 nitrogen and oxygen atoms in total. The third-order valence-electron chi connectivity index (χ3n) is 4.36. The number of aromatic nitrogens is 1. The molecule has 0 atom stereocenters. The molecule has 0 saturated carbocycles. The molecule has 0 bridgehead atoms. The van der Waals surface area contributed by atoms with E-state index in [1.807, 2.05) is 47.9 Å². The highest BCUT2D eigenvalue weighted by atomic mass is 16.3. The number of amides is 1. The Bertz CT molecular complexity index is 924. The zero-order valence-electron chi connectivity index (χ0n) is 13.6. The Morgan fingerprint density at radius 3 is 2.58 bits per heavy atom. The summed E-state index contributed by atoms with van der Waals surface area (Å²) in [4.78, 5) is 12.1. The molecule has 0 radical (unpaired) electrons. The van der Waals surface area contributed by atoms with E-state index in [0.29, 0.717) is 18.5 Å². The number of phenols is 1. The van der Waals surface area contributed by atoms with Crippen LogP contribution < -0.4 is 5.73 Å². The van der Waals surface area contributed by atoms with Gasteiger partial charge in [-0.3, -0.25) is 4.79 Å². The van der Waals surface area contributed by atoms with Gasteiger partial charge in [-0.15, -0.1) is 6.58 Å². The maximum atomic E-state index is 12.1. The lowest BCUT2D eigenvalue weighted by atomic mass is 9.97. The van der Waals surface area contributed by atoms with Crippen molar-refractivity contribution in [3.63, 3.8) is 0 Å². The Morgan fingerprint density at radius 1 is 1.25 bits per heavy atom. The van der Waals surface area contributed by atoms with Crippen LogP contribution in [0.2, 0.25) is 0 Å². The molecule has 24 heavy (non-hydrogen) atoms. The SMILES string of the molecule is C=CCn1c(C)c(C(N)=O)c2c(Cc3ccccc3)c(O)ccc21. The Hall–Kier alpha value is -3.01. The molecule has 0 unspecified atom stereocenters. The van der Waals surface area contributed by atoms with Gasteiger partial charge in [0, 0.05) is 35.1 Å². The second-order valence-corrected chi connectivity index (χ2v) is 5.84. The summed E-state index contributed by atoms with van der Waals surface area (Å²) < 4.78 is 2.00. The summed E-state index contributed by atoms with van der Waals surface area (Å²) in [7, 11) is 0. The number of hydrogen-bond acceptors (Lipinski definition) is 2. The first-order chi connectivity index (χ1) is 11.5. The van der Waals surface area contributed by atoms with Crippen molar-refractivity contribution in [1.82, 2.24) is 4.57 Å². The molecule has 3 rings (SSSR count). The summed E-state index contributed by atoms with van der Waals surface area (Å²) in [5.74, 6) is -0.315. The van der Waals surface area contributed by atoms with Crippen LogP contribution in [0.4, 0.5) is 0 Å². The smallest absolute Gasteiger partial charge is 0.251 e. The summed E-state index contributed by atoms with van der Waals surface area (Å²) in [5.41, 5.74) is 9.56. The van der Waals surface area contributed by atoms with Crippen LogP contribution in [0, 0.1) is 6.92 Å². The average Bonchev–Trinajstić information content (AvgIpc) is 2.84. The van der Waals surface area contributed by atoms with E-state index in [4.69, 9.17) is 5.73 Å². The van der Waals surface area contributed by atoms with Crippen molar-refractivity contribution < 1.29 is 9.90 Å². The fourth-order valence-corrected chi connectivity index (χ4v) is 3.27. The minimum Gasteiger partial charge on any atom is -0.508 e. The van der Waals surface area contributed by atoms with Crippen molar-refractivity contribution in [2.75, 3.05) is 0 Å². The number of primary amides is 1. The second-order valence-electron chi connectivity index (χ2n) is 5.84. The Morgan fingerprint density at radius 2 is 1.96 bits per heavy atom. The molecule has 0 spiro atoms. The molecular formula is C20H20N2O2. The van der Waals surface area contributed by atoms with E-state index < -0.39 is 5.91 Å². The van der Waals surface area contributed by atoms with Crippen LogP contribution >= 0.6 is 0 Å². The highest BCUT2D eigenvalue weighted by molar-refractivity contribution is 6.09. The predicted octanol–water partition coefficient (Wildman–Crippen LogP) is 3.53. The Kier molecular flexibility index (Phi) is 4.13. The standard InChI is InChI=1S/C20H20N2O2/c1-3-11-22-13(2)18(20(21)24)19-15(17(23)10-9-16(19)22)12-14-7-5-4-6-8-14/h3-10,23H,1,11-12H2,2H3,(H2,21,24). The van der Waals surface area contributed by atoms with Gasteiger partial charge in [0.15, 0.2) is 0 Å². The van der Waals surface area contributed by atoms with Crippen LogP contribution in [0.1, 0.15) is 27.2 Å². The minimum atomic E-state index is -0.486. The van der Waals surface area contributed by atoms with Gasteiger partial charge >= 0.3 is 0 Å². The number of nitrogens with zero attached hydrogens (tertiary/aromatic N) is 1. The largest absolute Gasteiger partial charge is 0.508 e. The molecular weight excluding hydrogens is 300 g/mol. The molecule has 0 fully saturated rings. The van der Waals surface area contributed by atoms with Gasteiger partial charge in [0.05, 0.1) is 5.56 Å². The molecule has 1 amide bonds. The number of nitrogens with two attached hydrogens (primary N) is 1. The number of allylic oxidation sites excluding steroid dienone is 1. The molecule has 3 aromatic rings. The van der Waals surface area contributed by atoms with Crippen molar-refractivity contribution in [2.45, 2.75) is 19.9 Å². The van der Waals surface area contributed by atoms with E-state index >= 15 is 0 Å². The van der Waals surface area contributed by atoms with E-state index in [-0.39, 0.29) is 5.75 Å². The number of fused-ring (bicyclic) bond motifs is 1. The van der Waals surface area contributed by atoms with Crippen molar-refractivity contribution >= 4 is 16.8 Å². The first-order valence-electron chi connectivity index (χ1n) is 7.82. The fraction of sp³-hybridized carbons (Fsp3) is 0.150. The Labute approximate surface area is 140 Å². The number of carbonyl (C=O) groups excluding carboxylic acids is 1. The van der Waals surface area contributed by atoms with E-state index in [9.17, 15) is 9.90 Å². The minimum absolute atomic E-state index is 0.171. The van der Waals surface area contributed by atoms with Gasteiger partial charge in [-0.1, -0.05) is 36.4 Å². The second kappa shape index (κ2) is 6.24. The zero-order chi connectivity index (χ0) is 17.3. The quantitative estimate of drug-likeness (QED) is 0.706. The summed E-state index contributed by atoms with van der Waals surface area (Å²) in [5, 5.41) is 11.2. The zero-order valence-corrected chi connectivity index (χ0v) is 13.6. The van der Waals surface area contributed by atoms with Crippen LogP contribution in [0.5, 0.6) is 5.75 Å². The normalized spacial score (nSPS) is 10.9. The lowest BCUT2D eigenvalue weighted by Crippen LogP contribution is -2.13. The molecule has 0 aliphatic carbocycles. The van der Waals surface area contributed by atoms with Crippen molar-refractivity contribution in [3.8, 4) is 5.75 Å². The maximum absolute atomic E-state index is 12.1. The van der Waals surface area contributed by atoms with Crippen LogP contribution in [0.25, 0.3) is 10.9 Å². The highest BCUT2D eigenvalue weighted by Gasteiger charge is 2.22. The third-order valence-corrected chi connectivity index (χ3v) is 4.36. The molecule has 0 saturated heterocycles. The predicted molar refractivity (Wildman–Crippen MR) is 96.3 cm³/mol. The van der Waals surface area contributed by atoms with Crippen molar-refractivity contribution in [1.29, 1.82) is 0 Å². The topological polar surface area (TPSA) is 68.2 Å². The number of carbonyl (C=O) groups is 1. The molecule has 1 aromatic heterocycles. The van der Waals surface area contributed by atoms with Crippen molar-refractivity contribution in [2.24, 2.45) is 5.73 Å². The van der Waals surface area contributed by atoms with E-state index in [2.05, 4.69) is 6.58 Å². The van der Waals surface area contributed by atoms with Gasteiger partial charge in [0.2, 0.25) is 0 Å². The number of phenolic OH excluding ortho intramolecular Hbond substituents is 1. The lowest BCUT2D eigenvalue weighted by molar-refractivity contribution is 0.100. The summed E-state index contributed by atoms with van der Waals surface area (Å²) >= 11 is 0. The van der Waals surface area contributed by atoms with Crippen molar-refractivity contribution in [3.05, 3.63) is 77.5 Å². The van der Waals surface area contributed by atoms with Gasteiger partial charge in [0.1, 0.15) is 5.75 Å². The Balaban J connectivity index is 2.32. The van der Waals surface area contributed by atoms with Gasteiger partial charge in [-0.25, -0.2) is 0 Å². The average molecular weight is 320 g/mol. The first kappa shape index (κ1) is 15.9. The highest BCUT2D eigenvalue weighted by Crippen LogP contribution is 2.35. The first-order valence-corrected chi connectivity index (χ1v) is 7.82. The van der Waals surface area contributed by atoms with E-state index in [1.54, 1.807) is 12.1 Å². The number of aromatic hydroxyl groups is 1. The summed E-state index contributed by atoms with van der Waals surface area (Å²) in [6.07, 6.45) is 2.31. The van der Waals surface area contributed by atoms with E-state index in [1.165, 1.54) is 0 Å². The van der Waals surface area contributed by atoms with Crippen LogP contribution in [0.3, 0.4) is 0 Å². The lowest BCUT2D eigenvalue weighted by Gasteiger charge is -2.09. The molecule has 4 heteroatoms. The van der Waals surface area contributed by atoms with Crippen LogP contribution in [-0.4, -0.2) is 15.6 Å². The van der Waals surface area contributed by atoms with Gasteiger partial charge in [-0.05, 0) is 24.6 Å². The third kappa shape index (κ3) is 2.56. The van der Waals surface area contributed by atoms with E-state index in [0.717, 1.165) is 27.7 Å². The van der Waals surface area contributed by atoms with Gasteiger partial charge < -0.3 is 15.4 Å². The molecule has 0 aliphatic rings. The summed E-state index contributed by atoms with van der Waals surface area (Å²) in [6.45, 7) is 6.22.